The number of benzene rings is 2. The molecule has 3 aromatic rings. The number of ether oxygens (including phenoxy) is 1. The van der Waals surface area contributed by atoms with Crippen LogP contribution in [0.4, 0.5) is 8.78 Å². The highest BCUT2D eigenvalue weighted by Crippen LogP contribution is 2.18. The van der Waals surface area contributed by atoms with Crippen LogP contribution in [-0.2, 0) is 0 Å². The highest BCUT2D eigenvalue weighted by Gasteiger charge is 2.11. The first-order chi connectivity index (χ1) is 12.6. The number of aromatic nitrogens is 1. The maximum Gasteiger partial charge on any atom is 0.255 e. The minimum absolute atomic E-state index is 0.0261. The summed E-state index contributed by atoms with van der Waals surface area (Å²) in [5.74, 6) is 3.79. The molecule has 6 heteroatoms. The predicted molar refractivity (Wildman–Crippen MR) is 93.7 cm³/mol. The van der Waals surface area contributed by atoms with Gasteiger partial charge in [-0.15, -0.1) is 0 Å². The van der Waals surface area contributed by atoms with Gasteiger partial charge in [0.15, 0.2) is 0 Å². The molecule has 26 heavy (non-hydrogen) atoms. The second-order valence-corrected chi connectivity index (χ2v) is 5.31. The summed E-state index contributed by atoms with van der Waals surface area (Å²) >= 11 is 0. The van der Waals surface area contributed by atoms with Gasteiger partial charge in [-0.25, -0.2) is 8.78 Å². The zero-order valence-corrected chi connectivity index (χ0v) is 13.6. The van der Waals surface area contributed by atoms with Crippen molar-refractivity contribution in [2.24, 2.45) is 0 Å². The van der Waals surface area contributed by atoms with Crippen molar-refractivity contribution in [2.75, 3.05) is 13.2 Å². The molecule has 0 spiro atoms. The number of hydrogen-bond acceptors (Lipinski definition) is 3. The summed E-state index contributed by atoms with van der Waals surface area (Å²) in [4.78, 5) is 16.0. The number of carbonyl (C=O) groups excluding carboxylic acids is 1. The Bertz CT molecular complexity index is 1010. The molecule has 0 radical (unpaired) electrons. The van der Waals surface area contributed by atoms with Gasteiger partial charge in [-0.05, 0) is 30.3 Å². The molecule has 0 saturated carbocycles. The lowest BCUT2D eigenvalue weighted by Crippen LogP contribution is -2.24. The van der Waals surface area contributed by atoms with Gasteiger partial charge in [0.05, 0.1) is 17.6 Å². The van der Waals surface area contributed by atoms with E-state index in [0.717, 1.165) is 23.0 Å². The van der Waals surface area contributed by atoms with Gasteiger partial charge < -0.3 is 10.1 Å². The van der Waals surface area contributed by atoms with Crippen molar-refractivity contribution in [2.45, 2.75) is 0 Å². The minimum atomic E-state index is -0.913. The van der Waals surface area contributed by atoms with Crippen LogP contribution in [0.25, 0.3) is 10.9 Å². The molecule has 0 atom stereocenters. The van der Waals surface area contributed by atoms with Crippen LogP contribution >= 0.6 is 0 Å². The number of pyridine rings is 1. The molecule has 0 aliphatic heterocycles. The van der Waals surface area contributed by atoms with Crippen molar-refractivity contribution in [1.82, 2.24) is 10.3 Å². The van der Waals surface area contributed by atoms with E-state index in [-0.39, 0.29) is 18.7 Å². The third kappa shape index (κ3) is 4.33. The zero-order valence-electron chi connectivity index (χ0n) is 13.6. The number of amides is 1. The Morgan fingerprint density at radius 2 is 2.00 bits per heavy atom. The lowest BCUT2D eigenvalue weighted by atomic mass is 10.2. The third-order valence-corrected chi connectivity index (χ3v) is 3.53. The SMILES string of the molecule is O=C(NCC#CCOc1ccc2cccnc2c1)c1ccc(F)cc1F. The highest BCUT2D eigenvalue weighted by atomic mass is 19.1. The third-order valence-electron chi connectivity index (χ3n) is 3.53. The van der Waals surface area contributed by atoms with E-state index in [2.05, 4.69) is 22.1 Å². The standard InChI is InChI=1S/C20H14F2N2O2/c21-15-6-8-17(18(22)12-15)20(25)24-9-1-2-11-26-16-7-5-14-4-3-10-23-19(14)13-16/h3-8,10,12-13H,9,11H2,(H,24,25). The Morgan fingerprint density at radius 1 is 1.12 bits per heavy atom. The van der Waals surface area contributed by atoms with Crippen LogP contribution in [0.2, 0.25) is 0 Å². The Kier molecular flexibility index (Phi) is 5.40. The lowest BCUT2D eigenvalue weighted by Gasteiger charge is -2.04. The lowest BCUT2D eigenvalue weighted by molar-refractivity contribution is 0.0954. The smallest absolute Gasteiger partial charge is 0.255 e. The van der Waals surface area contributed by atoms with Gasteiger partial charge in [0, 0.05) is 23.7 Å². The van der Waals surface area contributed by atoms with Crippen molar-refractivity contribution in [3.8, 4) is 17.6 Å². The first-order valence-electron chi connectivity index (χ1n) is 7.80. The number of hydrogen-bond donors (Lipinski definition) is 1. The molecule has 3 rings (SSSR count). The van der Waals surface area contributed by atoms with Gasteiger partial charge >= 0.3 is 0 Å². The van der Waals surface area contributed by atoms with E-state index in [9.17, 15) is 13.6 Å². The van der Waals surface area contributed by atoms with Crippen molar-refractivity contribution < 1.29 is 18.3 Å². The average molecular weight is 352 g/mol. The summed E-state index contributed by atoms with van der Waals surface area (Å²) in [6.45, 7) is 0.164. The molecule has 1 aromatic heterocycles. The first-order valence-corrected chi connectivity index (χ1v) is 7.80. The number of fused-ring (bicyclic) bond motifs is 1. The molecule has 0 bridgehead atoms. The summed E-state index contributed by atoms with van der Waals surface area (Å²) < 4.78 is 31.8. The molecule has 0 aliphatic rings. The second-order valence-electron chi connectivity index (χ2n) is 5.31. The summed E-state index contributed by atoms with van der Waals surface area (Å²) in [6, 6.07) is 12.1. The van der Waals surface area contributed by atoms with Gasteiger partial charge in [-0.3, -0.25) is 9.78 Å². The van der Waals surface area contributed by atoms with Gasteiger partial charge in [0.2, 0.25) is 0 Å². The normalized spacial score (nSPS) is 10.1. The van der Waals surface area contributed by atoms with E-state index >= 15 is 0 Å². The van der Waals surface area contributed by atoms with E-state index in [4.69, 9.17) is 4.74 Å². The van der Waals surface area contributed by atoms with Gasteiger partial charge in [-0.1, -0.05) is 17.9 Å². The molecule has 1 heterocycles. The maximum absolute atomic E-state index is 13.5. The first kappa shape index (κ1) is 17.4. The summed E-state index contributed by atoms with van der Waals surface area (Å²) in [5, 5.41) is 3.46. The molecule has 0 fully saturated rings. The Labute approximate surface area is 148 Å². The van der Waals surface area contributed by atoms with Crippen LogP contribution in [0.15, 0.2) is 54.7 Å². The molecule has 0 saturated heterocycles. The average Bonchev–Trinajstić information content (AvgIpc) is 2.64. The molecular weight excluding hydrogens is 338 g/mol. The fourth-order valence-electron chi connectivity index (χ4n) is 2.26. The largest absolute Gasteiger partial charge is 0.481 e. The van der Waals surface area contributed by atoms with Crippen LogP contribution in [0.3, 0.4) is 0 Å². The van der Waals surface area contributed by atoms with Crippen LogP contribution in [0.1, 0.15) is 10.4 Å². The molecule has 130 valence electrons. The summed E-state index contributed by atoms with van der Waals surface area (Å²) in [7, 11) is 0. The molecule has 0 aliphatic carbocycles. The van der Waals surface area contributed by atoms with E-state index < -0.39 is 17.5 Å². The number of halogens is 2. The van der Waals surface area contributed by atoms with E-state index in [1.165, 1.54) is 0 Å². The number of rotatable bonds is 4. The number of nitrogens with one attached hydrogen (secondary N) is 1. The van der Waals surface area contributed by atoms with Gasteiger partial charge in [-0.2, -0.15) is 0 Å². The Morgan fingerprint density at radius 3 is 2.85 bits per heavy atom. The zero-order chi connectivity index (χ0) is 18.4. The molecule has 4 nitrogen and oxygen atoms in total. The summed E-state index contributed by atoms with van der Waals surface area (Å²) in [6.07, 6.45) is 1.71. The number of carbonyl (C=O) groups is 1. The van der Waals surface area contributed by atoms with Gasteiger partial charge in [0.25, 0.3) is 5.91 Å². The molecule has 2 aromatic carbocycles. The van der Waals surface area contributed by atoms with Crippen LogP contribution in [-0.4, -0.2) is 24.0 Å². The van der Waals surface area contributed by atoms with Crippen molar-refractivity contribution in [1.29, 1.82) is 0 Å². The molecule has 0 unspecified atom stereocenters. The quantitative estimate of drug-likeness (QED) is 0.733. The predicted octanol–water partition coefficient (Wildman–Crippen LogP) is 3.33. The fourth-order valence-corrected chi connectivity index (χ4v) is 2.26. The minimum Gasteiger partial charge on any atom is -0.481 e. The molecular formula is C20H14F2N2O2. The Balaban J connectivity index is 1.48. The second kappa shape index (κ2) is 8.08. The monoisotopic (exact) mass is 352 g/mol. The van der Waals surface area contributed by atoms with Crippen LogP contribution in [0.5, 0.6) is 5.75 Å². The summed E-state index contributed by atoms with van der Waals surface area (Å²) in [5.41, 5.74) is 0.597. The number of nitrogens with zero attached hydrogens (tertiary/aromatic N) is 1. The van der Waals surface area contributed by atoms with Gasteiger partial charge in [0.1, 0.15) is 24.0 Å². The molecule has 1 amide bonds. The van der Waals surface area contributed by atoms with E-state index in [1.54, 1.807) is 6.20 Å². The molecule has 1 N–H and O–H groups in total. The van der Waals surface area contributed by atoms with Crippen LogP contribution < -0.4 is 10.1 Å². The van der Waals surface area contributed by atoms with E-state index in [1.807, 2.05) is 30.3 Å². The fraction of sp³-hybridized carbons (Fsp3) is 0.100. The van der Waals surface area contributed by atoms with Crippen LogP contribution in [0, 0.1) is 23.5 Å². The van der Waals surface area contributed by atoms with E-state index in [0.29, 0.717) is 11.8 Å². The van der Waals surface area contributed by atoms with Crippen molar-refractivity contribution >= 4 is 16.8 Å². The van der Waals surface area contributed by atoms with Crippen molar-refractivity contribution in [3.63, 3.8) is 0 Å². The maximum atomic E-state index is 13.5. The Hall–Kier alpha value is -3.46. The van der Waals surface area contributed by atoms with Crippen molar-refractivity contribution in [3.05, 3.63) is 71.9 Å². The topological polar surface area (TPSA) is 51.2 Å². The highest BCUT2D eigenvalue weighted by molar-refractivity contribution is 5.94.